The molecule has 0 bridgehead atoms. The molecule has 0 amide bonds. The van der Waals surface area contributed by atoms with Gasteiger partial charge in [-0.2, -0.15) is 0 Å². The minimum Gasteiger partial charge on any atom is -0.477 e. The van der Waals surface area contributed by atoms with Gasteiger partial charge in [0, 0.05) is 11.5 Å². The molecular formula is C16H19NO2S. The summed E-state index contributed by atoms with van der Waals surface area (Å²) in [6.45, 7) is 6.17. The molecule has 2 rings (SSSR count). The number of thiazole rings is 1. The van der Waals surface area contributed by atoms with Crippen molar-refractivity contribution >= 4 is 17.3 Å². The number of nitrogens with zero attached hydrogens (tertiary/aromatic N) is 1. The predicted octanol–water partition coefficient (Wildman–Crippen LogP) is 4.72. The van der Waals surface area contributed by atoms with Crippen LogP contribution in [-0.4, -0.2) is 16.1 Å². The summed E-state index contributed by atoms with van der Waals surface area (Å²) in [4.78, 5) is 16.5. The Morgan fingerprint density at radius 3 is 2.50 bits per heavy atom. The number of aromatic carboxylic acids is 1. The monoisotopic (exact) mass is 289 g/mol. The second-order valence-electron chi connectivity index (χ2n) is 4.87. The van der Waals surface area contributed by atoms with Crippen LogP contribution in [0.4, 0.5) is 0 Å². The second-order valence-corrected chi connectivity index (χ2v) is 5.87. The highest BCUT2D eigenvalue weighted by Crippen LogP contribution is 2.35. The van der Waals surface area contributed by atoms with E-state index in [1.165, 1.54) is 11.3 Å². The Labute approximate surface area is 123 Å². The quantitative estimate of drug-likeness (QED) is 0.866. The van der Waals surface area contributed by atoms with Gasteiger partial charge in [-0.25, -0.2) is 9.78 Å². The molecule has 0 atom stereocenters. The van der Waals surface area contributed by atoms with Crippen LogP contribution < -0.4 is 0 Å². The van der Waals surface area contributed by atoms with Gasteiger partial charge in [0.25, 0.3) is 0 Å². The highest BCUT2D eigenvalue weighted by molar-refractivity contribution is 7.17. The van der Waals surface area contributed by atoms with Crippen LogP contribution in [0, 0.1) is 6.92 Å². The number of aryl methyl sites for hydroxylation is 1. The molecule has 1 N–H and O–H groups in total. The summed E-state index contributed by atoms with van der Waals surface area (Å²) in [5, 5.41) is 10.2. The molecule has 1 aromatic heterocycles. The van der Waals surface area contributed by atoms with Crippen LogP contribution in [0.25, 0.3) is 10.6 Å². The number of benzene rings is 1. The Kier molecular flexibility index (Phi) is 4.55. The Hall–Kier alpha value is -1.68. The van der Waals surface area contributed by atoms with E-state index >= 15 is 0 Å². The second kappa shape index (κ2) is 6.18. The summed E-state index contributed by atoms with van der Waals surface area (Å²) in [6, 6.07) is 7.96. The first kappa shape index (κ1) is 14.7. The fourth-order valence-corrected chi connectivity index (χ4v) is 3.45. The summed E-state index contributed by atoms with van der Waals surface area (Å²) in [5.74, 6) is -0.653. The van der Waals surface area contributed by atoms with E-state index in [9.17, 15) is 9.90 Å². The molecule has 20 heavy (non-hydrogen) atoms. The lowest BCUT2D eigenvalue weighted by Crippen LogP contribution is -2.04. The Morgan fingerprint density at radius 2 is 1.95 bits per heavy atom. The maximum atomic E-state index is 11.5. The van der Waals surface area contributed by atoms with E-state index in [2.05, 4.69) is 18.8 Å². The molecule has 2 aromatic rings. The first-order chi connectivity index (χ1) is 9.58. The molecule has 1 aromatic carbocycles. The van der Waals surface area contributed by atoms with Crippen molar-refractivity contribution in [2.75, 3.05) is 0 Å². The molecule has 0 saturated heterocycles. The number of carboxylic acid groups (broad SMARTS) is 1. The maximum Gasteiger partial charge on any atom is 0.347 e. The zero-order chi connectivity index (χ0) is 14.7. The lowest BCUT2D eigenvalue weighted by Gasteiger charge is -2.09. The van der Waals surface area contributed by atoms with Crippen molar-refractivity contribution < 1.29 is 9.90 Å². The molecule has 0 radical (unpaired) electrons. The Bertz CT molecular complexity index is 615. The van der Waals surface area contributed by atoms with E-state index in [4.69, 9.17) is 0 Å². The molecule has 1 heterocycles. The fourth-order valence-electron chi connectivity index (χ4n) is 2.37. The van der Waals surface area contributed by atoms with Crippen molar-refractivity contribution in [3.63, 3.8) is 0 Å². The van der Waals surface area contributed by atoms with Crippen molar-refractivity contribution in [1.29, 1.82) is 0 Å². The third-order valence-electron chi connectivity index (χ3n) is 3.60. The molecule has 0 unspecified atom stereocenters. The van der Waals surface area contributed by atoms with E-state index in [0.29, 0.717) is 4.88 Å². The van der Waals surface area contributed by atoms with Gasteiger partial charge in [-0.3, -0.25) is 0 Å². The SMILES string of the molecule is CCC(CC)c1nc(-c2ccccc2C)sc1C(=O)O. The van der Waals surface area contributed by atoms with E-state index in [0.717, 1.165) is 34.7 Å². The van der Waals surface area contributed by atoms with Gasteiger partial charge in [0.15, 0.2) is 0 Å². The minimum absolute atomic E-state index is 0.218. The molecule has 3 nitrogen and oxygen atoms in total. The Morgan fingerprint density at radius 1 is 1.30 bits per heavy atom. The molecule has 0 saturated carbocycles. The lowest BCUT2D eigenvalue weighted by atomic mass is 9.98. The summed E-state index contributed by atoms with van der Waals surface area (Å²) in [5.41, 5.74) is 2.89. The average Bonchev–Trinajstić information content (AvgIpc) is 2.86. The summed E-state index contributed by atoms with van der Waals surface area (Å²) in [6.07, 6.45) is 1.82. The van der Waals surface area contributed by atoms with Crippen LogP contribution in [0.15, 0.2) is 24.3 Å². The average molecular weight is 289 g/mol. The van der Waals surface area contributed by atoms with Crippen LogP contribution in [0.1, 0.15) is 53.5 Å². The lowest BCUT2D eigenvalue weighted by molar-refractivity contribution is 0.0700. The van der Waals surface area contributed by atoms with Crippen molar-refractivity contribution in [3.05, 3.63) is 40.4 Å². The van der Waals surface area contributed by atoms with E-state index in [1.807, 2.05) is 31.2 Å². The fraction of sp³-hybridized carbons (Fsp3) is 0.375. The van der Waals surface area contributed by atoms with Crippen LogP contribution in [-0.2, 0) is 0 Å². The van der Waals surface area contributed by atoms with Gasteiger partial charge in [-0.15, -0.1) is 11.3 Å². The topological polar surface area (TPSA) is 50.2 Å². The van der Waals surface area contributed by atoms with Crippen LogP contribution >= 0.6 is 11.3 Å². The van der Waals surface area contributed by atoms with E-state index in [1.54, 1.807) is 0 Å². The van der Waals surface area contributed by atoms with Crippen LogP contribution in [0.2, 0.25) is 0 Å². The third-order valence-corrected chi connectivity index (χ3v) is 4.69. The van der Waals surface area contributed by atoms with Crippen molar-refractivity contribution in [2.24, 2.45) is 0 Å². The smallest absolute Gasteiger partial charge is 0.347 e. The van der Waals surface area contributed by atoms with Gasteiger partial charge < -0.3 is 5.11 Å². The molecule has 0 spiro atoms. The number of hydrogen-bond acceptors (Lipinski definition) is 3. The molecule has 0 fully saturated rings. The zero-order valence-corrected chi connectivity index (χ0v) is 12.8. The number of aromatic nitrogens is 1. The number of carboxylic acids is 1. The van der Waals surface area contributed by atoms with Gasteiger partial charge in [0.1, 0.15) is 9.88 Å². The molecular weight excluding hydrogens is 270 g/mol. The van der Waals surface area contributed by atoms with Crippen LogP contribution in [0.5, 0.6) is 0 Å². The highest BCUT2D eigenvalue weighted by atomic mass is 32.1. The highest BCUT2D eigenvalue weighted by Gasteiger charge is 2.23. The standard InChI is InChI=1S/C16H19NO2S/c1-4-11(5-2)13-14(16(18)19)20-15(17-13)12-9-7-6-8-10(12)3/h6-9,11H,4-5H2,1-3H3,(H,18,19). The molecule has 4 heteroatoms. The Balaban J connectivity index is 2.55. The van der Waals surface area contributed by atoms with Crippen molar-refractivity contribution in [3.8, 4) is 10.6 Å². The first-order valence-corrected chi connectivity index (χ1v) is 7.70. The summed E-state index contributed by atoms with van der Waals surface area (Å²) < 4.78 is 0. The first-order valence-electron chi connectivity index (χ1n) is 6.88. The molecule has 106 valence electrons. The summed E-state index contributed by atoms with van der Waals surface area (Å²) >= 11 is 1.28. The zero-order valence-electron chi connectivity index (χ0n) is 12.0. The molecule has 0 aliphatic rings. The van der Waals surface area contributed by atoms with Crippen LogP contribution in [0.3, 0.4) is 0 Å². The van der Waals surface area contributed by atoms with Crippen molar-refractivity contribution in [1.82, 2.24) is 4.98 Å². The van der Waals surface area contributed by atoms with E-state index < -0.39 is 5.97 Å². The normalized spacial score (nSPS) is 11.0. The molecule has 0 aliphatic heterocycles. The van der Waals surface area contributed by atoms with E-state index in [-0.39, 0.29) is 5.92 Å². The number of hydrogen-bond donors (Lipinski definition) is 1. The molecule has 0 aliphatic carbocycles. The van der Waals surface area contributed by atoms with Gasteiger partial charge in [-0.05, 0) is 25.3 Å². The maximum absolute atomic E-state index is 11.5. The number of rotatable bonds is 5. The predicted molar refractivity (Wildman–Crippen MR) is 82.6 cm³/mol. The van der Waals surface area contributed by atoms with Crippen molar-refractivity contribution in [2.45, 2.75) is 39.5 Å². The van der Waals surface area contributed by atoms with Gasteiger partial charge in [0.05, 0.1) is 5.69 Å². The third kappa shape index (κ3) is 2.75. The van der Waals surface area contributed by atoms with Gasteiger partial charge in [0.2, 0.25) is 0 Å². The summed E-state index contributed by atoms with van der Waals surface area (Å²) in [7, 11) is 0. The van der Waals surface area contributed by atoms with Gasteiger partial charge >= 0.3 is 5.97 Å². The number of carbonyl (C=O) groups is 1. The van der Waals surface area contributed by atoms with Gasteiger partial charge in [-0.1, -0.05) is 38.1 Å². The minimum atomic E-state index is -0.871. The largest absolute Gasteiger partial charge is 0.477 e.